The normalized spacial score (nSPS) is 60.9. The summed E-state index contributed by atoms with van der Waals surface area (Å²) in [5.74, 6) is 1.46. The number of carbonyl (C=O) groups is 2. The maximum absolute atomic E-state index is 11.8. The van der Waals surface area contributed by atoms with Gasteiger partial charge in [-0.1, -0.05) is 12.2 Å². The average molecular weight is 248 g/mol. The summed E-state index contributed by atoms with van der Waals surface area (Å²) in [6.07, 6.45) is 5.71. The molecular formula is C13H12O3S. The number of hydrogen-bond donors (Lipinski definition) is 0. The molecule has 0 N–H and O–H groups in total. The highest BCUT2D eigenvalue weighted by molar-refractivity contribution is 8.01. The number of thioether (sulfide) groups is 1. The molecule has 0 aromatic rings. The lowest BCUT2D eigenvalue weighted by atomic mass is 9.65. The first-order valence-electron chi connectivity index (χ1n) is 6.35. The third-order valence-electron chi connectivity index (χ3n) is 5.60. The molecule has 3 heterocycles. The van der Waals surface area contributed by atoms with Crippen LogP contribution in [0.3, 0.4) is 0 Å². The van der Waals surface area contributed by atoms with Crippen molar-refractivity contribution in [3.05, 3.63) is 12.2 Å². The summed E-state index contributed by atoms with van der Waals surface area (Å²) in [6, 6.07) is 0. The zero-order valence-electron chi connectivity index (χ0n) is 9.11. The zero-order valence-corrected chi connectivity index (χ0v) is 9.93. The second-order valence-corrected chi connectivity index (χ2v) is 7.32. The average Bonchev–Trinajstić information content (AvgIpc) is 3.03. The van der Waals surface area contributed by atoms with E-state index in [1.807, 2.05) is 11.8 Å². The Morgan fingerprint density at radius 3 is 2.06 bits per heavy atom. The van der Waals surface area contributed by atoms with Crippen molar-refractivity contribution in [2.24, 2.45) is 35.5 Å². The molecule has 4 fully saturated rings. The maximum Gasteiger partial charge on any atom is 0.317 e. The van der Waals surface area contributed by atoms with Crippen LogP contribution in [0.25, 0.3) is 0 Å². The Labute approximate surface area is 103 Å². The van der Waals surface area contributed by atoms with Gasteiger partial charge >= 0.3 is 11.9 Å². The van der Waals surface area contributed by atoms with Crippen LogP contribution in [0.4, 0.5) is 0 Å². The topological polar surface area (TPSA) is 43.4 Å². The highest BCUT2D eigenvalue weighted by atomic mass is 32.2. The lowest BCUT2D eigenvalue weighted by Crippen LogP contribution is -2.40. The van der Waals surface area contributed by atoms with Crippen LogP contribution in [0.5, 0.6) is 0 Å². The molecule has 5 aliphatic rings. The molecular weight excluding hydrogens is 236 g/mol. The minimum Gasteiger partial charge on any atom is -0.393 e. The maximum atomic E-state index is 11.8. The smallest absolute Gasteiger partial charge is 0.317 e. The molecule has 3 nitrogen and oxygen atoms in total. The second-order valence-electron chi connectivity index (χ2n) is 5.96. The van der Waals surface area contributed by atoms with Gasteiger partial charge in [0.05, 0.1) is 11.8 Å². The van der Waals surface area contributed by atoms with Crippen molar-refractivity contribution >= 4 is 23.7 Å². The molecule has 4 bridgehead atoms. The number of carbonyl (C=O) groups excluding carboxylic acids is 2. The third kappa shape index (κ3) is 0.843. The molecule has 8 atom stereocenters. The lowest BCUT2D eigenvalue weighted by Gasteiger charge is -2.34. The van der Waals surface area contributed by atoms with Gasteiger partial charge in [-0.05, 0) is 30.1 Å². The van der Waals surface area contributed by atoms with E-state index in [2.05, 4.69) is 12.2 Å². The molecule has 5 rings (SSSR count). The molecule has 3 aliphatic heterocycles. The zero-order chi connectivity index (χ0) is 11.3. The second kappa shape index (κ2) is 2.63. The summed E-state index contributed by atoms with van der Waals surface area (Å²) in [5, 5.41) is 1.20. The molecule has 2 aliphatic carbocycles. The molecule has 17 heavy (non-hydrogen) atoms. The first-order valence-corrected chi connectivity index (χ1v) is 7.29. The molecule has 8 unspecified atom stereocenters. The van der Waals surface area contributed by atoms with Gasteiger partial charge in [0, 0.05) is 10.5 Å². The van der Waals surface area contributed by atoms with Gasteiger partial charge < -0.3 is 4.74 Å². The number of rotatable bonds is 0. The van der Waals surface area contributed by atoms with Crippen LogP contribution in [0, 0.1) is 35.5 Å². The lowest BCUT2D eigenvalue weighted by molar-refractivity contribution is -0.154. The van der Waals surface area contributed by atoms with Crippen LogP contribution >= 0.6 is 11.8 Å². The molecule has 0 amide bonds. The fourth-order valence-corrected chi connectivity index (χ4v) is 7.09. The Hall–Kier alpha value is -0.770. The van der Waals surface area contributed by atoms with Gasteiger partial charge in [0.25, 0.3) is 0 Å². The Morgan fingerprint density at radius 1 is 1.00 bits per heavy atom. The van der Waals surface area contributed by atoms with Gasteiger partial charge in [0.2, 0.25) is 0 Å². The van der Waals surface area contributed by atoms with Crippen molar-refractivity contribution in [1.82, 2.24) is 0 Å². The Kier molecular flexibility index (Phi) is 1.42. The number of fused-ring (bicyclic) bond motifs is 12. The summed E-state index contributed by atoms with van der Waals surface area (Å²) >= 11 is 2.04. The van der Waals surface area contributed by atoms with Crippen LogP contribution in [0.15, 0.2) is 12.2 Å². The summed E-state index contributed by atoms with van der Waals surface area (Å²) in [7, 11) is 0. The number of hydrogen-bond acceptors (Lipinski definition) is 4. The molecule has 0 aromatic carbocycles. The minimum atomic E-state index is -0.234. The largest absolute Gasteiger partial charge is 0.393 e. The SMILES string of the molecule is O=C1OC(=O)C2C3CC(C12)C1C2C=CC(S2)C31. The van der Waals surface area contributed by atoms with Crippen molar-refractivity contribution < 1.29 is 14.3 Å². The Morgan fingerprint density at radius 2 is 1.53 bits per heavy atom. The van der Waals surface area contributed by atoms with Crippen molar-refractivity contribution in [2.45, 2.75) is 16.9 Å². The quantitative estimate of drug-likeness (QED) is 0.367. The number of ether oxygens (including phenoxy) is 1. The van der Waals surface area contributed by atoms with Crippen molar-refractivity contribution in [3.63, 3.8) is 0 Å². The van der Waals surface area contributed by atoms with Gasteiger partial charge in [0.1, 0.15) is 0 Å². The van der Waals surface area contributed by atoms with E-state index in [0.29, 0.717) is 34.2 Å². The van der Waals surface area contributed by atoms with Gasteiger partial charge in [-0.3, -0.25) is 9.59 Å². The third-order valence-corrected chi connectivity index (χ3v) is 7.17. The van der Waals surface area contributed by atoms with E-state index in [9.17, 15) is 9.59 Å². The summed E-state index contributed by atoms with van der Waals surface area (Å²) in [4.78, 5) is 23.6. The molecule has 0 spiro atoms. The van der Waals surface area contributed by atoms with Crippen molar-refractivity contribution in [2.75, 3.05) is 0 Å². The first-order chi connectivity index (χ1) is 8.25. The van der Waals surface area contributed by atoms with Gasteiger partial charge in [-0.2, -0.15) is 0 Å². The van der Waals surface area contributed by atoms with Crippen LogP contribution in [0.1, 0.15) is 6.42 Å². The van der Waals surface area contributed by atoms with Crippen molar-refractivity contribution in [3.8, 4) is 0 Å². The van der Waals surface area contributed by atoms with Crippen LogP contribution in [0.2, 0.25) is 0 Å². The highest BCUT2D eigenvalue weighted by Gasteiger charge is 2.70. The molecule has 2 saturated carbocycles. The highest BCUT2D eigenvalue weighted by Crippen LogP contribution is 2.69. The van der Waals surface area contributed by atoms with Gasteiger partial charge in [-0.25, -0.2) is 0 Å². The van der Waals surface area contributed by atoms with E-state index in [1.165, 1.54) is 0 Å². The minimum absolute atomic E-state index is 0.0953. The van der Waals surface area contributed by atoms with E-state index in [0.717, 1.165) is 6.42 Å². The number of cyclic esters (lactones) is 2. The number of esters is 2. The van der Waals surface area contributed by atoms with E-state index < -0.39 is 0 Å². The Bertz CT molecular complexity index is 445. The van der Waals surface area contributed by atoms with E-state index in [1.54, 1.807) is 0 Å². The molecule has 2 saturated heterocycles. The fourth-order valence-electron chi connectivity index (χ4n) is 5.24. The van der Waals surface area contributed by atoms with Crippen LogP contribution in [-0.4, -0.2) is 22.4 Å². The van der Waals surface area contributed by atoms with E-state index in [4.69, 9.17) is 4.74 Å². The standard InChI is InChI=1S/C13H12O3S/c14-12-10-4-3-5(11(10)13(15)16-12)9-7-2-1-6(17-7)8(4)9/h1-2,4-11H,3H2. The first kappa shape index (κ1) is 9.20. The predicted octanol–water partition coefficient (Wildman–Crippen LogP) is 1.24. The Balaban J connectivity index is 1.64. The molecule has 88 valence electrons. The monoisotopic (exact) mass is 248 g/mol. The van der Waals surface area contributed by atoms with Crippen molar-refractivity contribution in [1.29, 1.82) is 0 Å². The van der Waals surface area contributed by atoms with E-state index >= 15 is 0 Å². The van der Waals surface area contributed by atoms with Crippen LogP contribution in [-0.2, 0) is 14.3 Å². The van der Waals surface area contributed by atoms with E-state index in [-0.39, 0.29) is 23.8 Å². The molecule has 0 aromatic heterocycles. The summed E-state index contributed by atoms with van der Waals surface area (Å²) in [6.45, 7) is 0. The summed E-state index contributed by atoms with van der Waals surface area (Å²) in [5.41, 5.74) is 0. The van der Waals surface area contributed by atoms with Gasteiger partial charge in [-0.15, -0.1) is 11.8 Å². The van der Waals surface area contributed by atoms with Gasteiger partial charge in [0.15, 0.2) is 0 Å². The summed E-state index contributed by atoms with van der Waals surface area (Å²) < 4.78 is 4.86. The fraction of sp³-hybridized carbons (Fsp3) is 0.692. The predicted molar refractivity (Wildman–Crippen MR) is 61.0 cm³/mol. The molecule has 0 radical (unpaired) electrons. The molecule has 4 heteroatoms. The van der Waals surface area contributed by atoms with Crippen LogP contribution < -0.4 is 0 Å².